The minimum Gasteiger partial charge on any atom is -0.481 e. The van der Waals surface area contributed by atoms with Gasteiger partial charge in [-0.3, -0.25) is 9.59 Å². The first-order valence-corrected chi connectivity index (χ1v) is 13.1. The molecule has 1 aromatic carbocycles. The maximum absolute atomic E-state index is 13.7. The van der Waals surface area contributed by atoms with Crippen LogP contribution < -0.4 is 4.74 Å². The van der Waals surface area contributed by atoms with Gasteiger partial charge in [-0.15, -0.1) is 0 Å². The number of aliphatic carboxylic acids is 1. The molecule has 0 saturated carbocycles. The summed E-state index contributed by atoms with van der Waals surface area (Å²) in [4.78, 5) is 40.6. The molecule has 0 radical (unpaired) electrons. The van der Waals surface area contributed by atoms with Gasteiger partial charge in [-0.1, -0.05) is 33.8 Å². The number of carbonyl (C=O) groups is 3. The molecule has 0 fully saturated rings. The van der Waals surface area contributed by atoms with Gasteiger partial charge < -0.3 is 19.5 Å². The van der Waals surface area contributed by atoms with Crippen LogP contribution in [-0.2, 0) is 19.1 Å². The number of carboxylic acid groups (broad SMARTS) is 1. The summed E-state index contributed by atoms with van der Waals surface area (Å²) < 4.78 is 11.4. The number of hydrogen-bond acceptors (Lipinski definition) is 6. The Kier molecular flexibility index (Phi) is 7.23. The zero-order chi connectivity index (χ0) is 26.4. The molecule has 7 nitrogen and oxygen atoms in total. The van der Waals surface area contributed by atoms with E-state index in [9.17, 15) is 14.4 Å². The largest absolute Gasteiger partial charge is 0.481 e. The monoisotopic (exact) mass is 559 g/mol. The van der Waals surface area contributed by atoms with Gasteiger partial charge in [0.15, 0.2) is 18.2 Å². The van der Waals surface area contributed by atoms with Crippen LogP contribution >= 0.6 is 15.9 Å². The van der Waals surface area contributed by atoms with Gasteiger partial charge in [-0.2, -0.15) is 0 Å². The molecule has 0 atom stereocenters. The van der Waals surface area contributed by atoms with Gasteiger partial charge in [-0.25, -0.2) is 4.79 Å². The molecule has 3 aliphatic rings. The lowest BCUT2D eigenvalue weighted by Gasteiger charge is -2.49. The first-order valence-electron chi connectivity index (χ1n) is 12.3. The second-order valence-electron chi connectivity index (χ2n) is 11.6. The Balaban J connectivity index is 1.91. The Morgan fingerprint density at radius 2 is 1.58 bits per heavy atom. The van der Waals surface area contributed by atoms with E-state index in [1.54, 1.807) is 13.2 Å². The van der Waals surface area contributed by atoms with Crippen molar-refractivity contribution in [3.05, 3.63) is 50.8 Å². The van der Waals surface area contributed by atoms with E-state index >= 15 is 0 Å². The molecule has 8 heteroatoms. The van der Waals surface area contributed by atoms with Gasteiger partial charge in [0.25, 0.3) is 0 Å². The van der Waals surface area contributed by atoms with E-state index < -0.39 is 18.5 Å². The van der Waals surface area contributed by atoms with Crippen molar-refractivity contribution in [2.24, 2.45) is 10.8 Å². The molecule has 1 N–H and O–H groups in total. The molecule has 0 bridgehead atoms. The van der Waals surface area contributed by atoms with Crippen LogP contribution in [0.4, 0.5) is 0 Å². The summed E-state index contributed by atoms with van der Waals surface area (Å²) in [5.74, 6) is -0.995. The second kappa shape index (κ2) is 9.78. The van der Waals surface area contributed by atoms with E-state index in [4.69, 9.17) is 14.6 Å². The number of methoxy groups -OCH3 is 1. The Hall–Kier alpha value is -2.45. The number of ketones is 2. The number of nitrogens with zero attached hydrogens (tertiary/aromatic N) is 1. The summed E-state index contributed by atoms with van der Waals surface area (Å²) >= 11 is 3.51. The molecule has 0 amide bonds. The zero-order valence-electron chi connectivity index (χ0n) is 21.6. The van der Waals surface area contributed by atoms with Crippen molar-refractivity contribution in [2.75, 3.05) is 26.9 Å². The van der Waals surface area contributed by atoms with Crippen LogP contribution in [0.3, 0.4) is 0 Å². The van der Waals surface area contributed by atoms with Crippen molar-refractivity contribution < 1.29 is 29.0 Å². The summed E-state index contributed by atoms with van der Waals surface area (Å²) in [5, 5.41) is 8.97. The molecule has 2 aliphatic carbocycles. The fourth-order valence-electron chi connectivity index (χ4n) is 5.79. The minimum atomic E-state index is -1.06. The van der Waals surface area contributed by atoms with Gasteiger partial charge in [0.1, 0.15) is 5.75 Å². The lowest BCUT2D eigenvalue weighted by molar-refractivity contribution is -0.139. The number of rotatable bonds is 7. The number of carbonyl (C=O) groups excluding carboxylic acids is 2. The summed E-state index contributed by atoms with van der Waals surface area (Å²) in [6, 6.07) is 5.39. The van der Waals surface area contributed by atoms with E-state index in [1.807, 2.05) is 12.1 Å². The van der Waals surface area contributed by atoms with Gasteiger partial charge in [0.05, 0.1) is 11.1 Å². The predicted octanol–water partition coefficient (Wildman–Crippen LogP) is 5.24. The van der Waals surface area contributed by atoms with Crippen LogP contribution in [0.5, 0.6) is 5.75 Å². The molecule has 36 heavy (non-hydrogen) atoms. The Morgan fingerprint density at radius 3 is 2.06 bits per heavy atom. The molecule has 0 aromatic heterocycles. The van der Waals surface area contributed by atoms with Crippen LogP contribution in [0.25, 0.3) is 0 Å². The van der Waals surface area contributed by atoms with E-state index in [0.717, 1.165) is 29.8 Å². The normalized spacial score (nSPS) is 21.4. The lowest BCUT2D eigenvalue weighted by Crippen LogP contribution is -2.45. The van der Waals surface area contributed by atoms with Crippen LogP contribution in [0, 0.1) is 10.8 Å². The molecule has 4 rings (SSSR count). The van der Waals surface area contributed by atoms with Crippen molar-refractivity contribution in [1.29, 1.82) is 0 Å². The third kappa shape index (κ3) is 5.16. The number of Topliss-reactive ketones (excluding diaryl/α,β-unsaturated/α-hetero) is 2. The molecule has 1 aromatic rings. The average Bonchev–Trinajstić information content (AvgIpc) is 2.74. The summed E-state index contributed by atoms with van der Waals surface area (Å²) in [5.41, 5.74) is 3.82. The number of allylic oxidation sites excluding steroid dienone is 4. The number of ether oxygens (including phenoxy) is 2. The molecule has 0 unspecified atom stereocenters. The smallest absolute Gasteiger partial charge is 0.341 e. The van der Waals surface area contributed by atoms with E-state index in [1.165, 1.54) is 0 Å². The fourth-order valence-corrected chi connectivity index (χ4v) is 6.30. The zero-order valence-corrected chi connectivity index (χ0v) is 23.2. The highest BCUT2D eigenvalue weighted by atomic mass is 79.9. The topological polar surface area (TPSA) is 93.1 Å². The fraction of sp³-hybridized carbons (Fsp3) is 0.536. The summed E-state index contributed by atoms with van der Waals surface area (Å²) in [6.45, 7) is 9.07. The molecule has 194 valence electrons. The van der Waals surface area contributed by atoms with Crippen molar-refractivity contribution in [3.63, 3.8) is 0 Å². The number of hydrogen-bond donors (Lipinski definition) is 1. The van der Waals surface area contributed by atoms with Crippen molar-refractivity contribution in [2.45, 2.75) is 59.3 Å². The maximum Gasteiger partial charge on any atom is 0.341 e. The predicted molar refractivity (Wildman–Crippen MR) is 139 cm³/mol. The van der Waals surface area contributed by atoms with Crippen molar-refractivity contribution in [1.82, 2.24) is 4.90 Å². The molecular weight excluding hydrogens is 526 g/mol. The first-order chi connectivity index (χ1) is 16.8. The number of halogens is 1. The first kappa shape index (κ1) is 26.6. The maximum atomic E-state index is 13.7. The van der Waals surface area contributed by atoms with Gasteiger partial charge >= 0.3 is 5.97 Å². The van der Waals surface area contributed by atoms with Crippen molar-refractivity contribution in [3.8, 4) is 5.75 Å². The average molecular weight is 560 g/mol. The van der Waals surface area contributed by atoms with E-state index in [2.05, 4.69) is 48.5 Å². The SMILES string of the molecule is COCCN1C2=C(C(=O)CC(C)(C)C2)C(c2ccc(OCC(=O)O)c(Br)c2)C2=C1CC(C)(C)CC2=O. The molecule has 1 aliphatic heterocycles. The van der Waals surface area contributed by atoms with Crippen LogP contribution in [0.1, 0.15) is 64.9 Å². The van der Waals surface area contributed by atoms with Crippen LogP contribution in [-0.4, -0.2) is 54.4 Å². The molecular formula is C28H34BrNO6. The number of carboxylic acids is 1. The van der Waals surface area contributed by atoms with Crippen molar-refractivity contribution >= 4 is 33.5 Å². The molecule has 0 spiro atoms. The minimum absolute atomic E-state index is 0.0696. The van der Waals surface area contributed by atoms with Gasteiger partial charge in [0.2, 0.25) is 0 Å². The number of benzene rings is 1. The highest BCUT2D eigenvalue weighted by molar-refractivity contribution is 9.10. The quantitative estimate of drug-likeness (QED) is 0.487. The standard InChI is InChI=1S/C28H34BrNO6/c1-27(2)11-18-25(20(31)13-27)24(16-6-7-22(17(29)10-16)36-15-23(33)34)26-19(30(18)8-9-35-5)12-28(3,4)14-21(26)32/h6-7,10,24H,8-9,11-15H2,1-5H3,(H,33,34). The Morgan fingerprint density at radius 1 is 1.03 bits per heavy atom. The highest BCUT2D eigenvalue weighted by Gasteiger charge is 2.48. The van der Waals surface area contributed by atoms with Crippen LogP contribution in [0.15, 0.2) is 45.2 Å². The third-order valence-electron chi connectivity index (χ3n) is 7.18. The van der Waals surface area contributed by atoms with Crippen LogP contribution in [0.2, 0.25) is 0 Å². The third-order valence-corrected chi connectivity index (χ3v) is 7.80. The Bertz CT molecular complexity index is 1120. The van der Waals surface area contributed by atoms with E-state index in [0.29, 0.717) is 47.4 Å². The lowest BCUT2D eigenvalue weighted by atomic mass is 9.63. The van der Waals surface area contributed by atoms with Gasteiger partial charge in [-0.05, 0) is 57.3 Å². The Labute approximate surface area is 220 Å². The highest BCUT2D eigenvalue weighted by Crippen LogP contribution is 2.54. The second-order valence-corrected chi connectivity index (χ2v) is 12.4. The molecule has 0 saturated heterocycles. The summed E-state index contributed by atoms with van der Waals surface area (Å²) in [6.07, 6.45) is 2.31. The molecule has 1 heterocycles. The van der Waals surface area contributed by atoms with E-state index in [-0.39, 0.29) is 22.4 Å². The van der Waals surface area contributed by atoms with Gasteiger partial charge in [0, 0.05) is 55.0 Å². The summed E-state index contributed by atoms with van der Waals surface area (Å²) in [7, 11) is 1.66.